The van der Waals surface area contributed by atoms with E-state index in [0.29, 0.717) is 11.5 Å². The average molecular weight is 887 g/mol. The fraction of sp³-hybridized carbons (Fsp3) is 0.425. The summed E-state index contributed by atoms with van der Waals surface area (Å²) < 4.78 is 37.7. The zero-order valence-electron chi connectivity index (χ0n) is 35.3. The third-order valence-corrected chi connectivity index (χ3v) is 8.14. The van der Waals surface area contributed by atoms with Crippen molar-refractivity contribution in [3.63, 3.8) is 0 Å². The van der Waals surface area contributed by atoms with Gasteiger partial charge in [0.15, 0.2) is 5.75 Å². The van der Waals surface area contributed by atoms with Crippen molar-refractivity contribution < 1.29 is 66.7 Å². The number of nitrogens with zero attached hydrogens (tertiary/aromatic N) is 2. The fourth-order valence-electron chi connectivity index (χ4n) is 4.77. The molecule has 3 aromatic carbocycles. The van der Waals surface area contributed by atoms with Crippen LogP contribution in [0.25, 0.3) is 0 Å². The molecule has 0 heterocycles. The van der Waals surface area contributed by atoms with Gasteiger partial charge in [0.05, 0.1) is 11.5 Å². The topological polar surface area (TPSA) is 277 Å². The molecule has 0 aliphatic carbocycles. The van der Waals surface area contributed by atoms with Crippen LogP contribution in [-0.2, 0) is 39.9 Å². The molecule has 0 bridgehead atoms. The minimum absolute atomic E-state index is 0.0160. The molecule has 0 aliphatic rings. The molecule has 0 spiro atoms. The maximum Gasteiger partial charge on any atom is 0.412 e. The normalized spacial score (nSPS) is 12.9. The van der Waals surface area contributed by atoms with Gasteiger partial charge in [-0.2, -0.15) is 5.43 Å². The maximum atomic E-state index is 13.9. The van der Waals surface area contributed by atoms with Gasteiger partial charge in [0.1, 0.15) is 42.0 Å². The Hall–Kier alpha value is -6.57. The number of amides is 3. The van der Waals surface area contributed by atoms with E-state index < -0.39 is 79.3 Å². The lowest BCUT2D eigenvalue weighted by Gasteiger charge is -2.33. The number of nitro benzene ring substituents is 1. The van der Waals surface area contributed by atoms with E-state index in [4.69, 9.17) is 32.9 Å². The van der Waals surface area contributed by atoms with Gasteiger partial charge in [-0.05, 0) is 96.8 Å². The molecule has 22 heteroatoms. The first-order valence-corrected chi connectivity index (χ1v) is 20.2. The van der Waals surface area contributed by atoms with Gasteiger partial charge in [0, 0.05) is 30.0 Å². The number of hydrogen-bond acceptors (Lipinski definition) is 16. The van der Waals surface area contributed by atoms with Crippen molar-refractivity contribution in [2.24, 2.45) is 4.85 Å². The highest BCUT2D eigenvalue weighted by molar-refractivity contribution is 7.33. The molecule has 336 valence electrons. The predicted molar refractivity (Wildman–Crippen MR) is 219 cm³/mol. The van der Waals surface area contributed by atoms with Crippen LogP contribution < -0.4 is 35.5 Å². The molecule has 0 fully saturated rings. The highest BCUT2D eigenvalue weighted by Crippen LogP contribution is 2.29. The number of ether oxygens (including phenoxy) is 6. The Balaban J connectivity index is 1.71. The summed E-state index contributed by atoms with van der Waals surface area (Å²) in [6.45, 7) is 9.95. The van der Waals surface area contributed by atoms with E-state index in [0.717, 1.165) is 5.56 Å². The van der Waals surface area contributed by atoms with Crippen LogP contribution in [0.3, 0.4) is 0 Å². The average Bonchev–Trinajstić information content (AvgIpc) is 3.18. The lowest BCUT2D eigenvalue weighted by Crippen LogP contribution is -2.60. The molecule has 3 rings (SSSR count). The number of benzene rings is 3. The molecule has 0 aliphatic heterocycles. The molecule has 3 atom stereocenters. The molecular weight excluding hydrogens is 835 g/mol. The van der Waals surface area contributed by atoms with Crippen LogP contribution in [0.5, 0.6) is 17.2 Å². The molecule has 1 unspecified atom stereocenters. The third-order valence-electron chi connectivity index (χ3n) is 7.47. The molecule has 0 aromatic heterocycles. The quantitative estimate of drug-likeness (QED) is 0.0191. The van der Waals surface area contributed by atoms with Crippen LogP contribution in [0, 0.1) is 10.1 Å². The number of esters is 2. The van der Waals surface area contributed by atoms with E-state index in [-0.39, 0.29) is 37.6 Å². The van der Waals surface area contributed by atoms with E-state index in [1.807, 2.05) is 6.07 Å². The van der Waals surface area contributed by atoms with Crippen molar-refractivity contribution in [1.82, 2.24) is 21.4 Å². The van der Waals surface area contributed by atoms with Crippen molar-refractivity contribution >= 4 is 44.1 Å². The van der Waals surface area contributed by atoms with Gasteiger partial charge in [0.2, 0.25) is 0 Å². The first-order valence-electron chi connectivity index (χ1n) is 19.1. The second-order valence-electron chi connectivity index (χ2n) is 15.1. The van der Waals surface area contributed by atoms with E-state index in [1.54, 1.807) is 65.8 Å². The molecule has 62 heavy (non-hydrogen) atoms. The summed E-state index contributed by atoms with van der Waals surface area (Å²) in [6, 6.07) is 18.9. The van der Waals surface area contributed by atoms with Gasteiger partial charge in [0.25, 0.3) is 11.4 Å². The third kappa shape index (κ3) is 18.8. The smallest absolute Gasteiger partial charge is 0.412 e. The Morgan fingerprint density at radius 3 is 1.94 bits per heavy atom. The van der Waals surface area contributed by atoms with Crippen molar-refractivity contribution in [2.75, 3.05) is 19.7 Å². The Morgan fingerprint density at radius 1 is 0.758 bits per heavy atom. The van der Waals surface area contributed by atoms with Gasteiger partial charge in [-0.3, -0.25) is 20.0 Å². The zero-order valence-corrected chi connectivity index (χ0v) is 36.2. The van der Waals surface area contributed by atoms with Gasteiger partial charge in [-0.15, -0.1) is 0 Å². The molecule has 4 N–H and O–H groups in total. The van der Waals surface area contributed by atoms with E-state index >= 15 is 0 Å². The Morgan fingerprint density at radius 2 is 1.34 bits per heavy atom. The van der Waals surface area contributed by atoms with Crippen LogP contribution in [0.1, 0.15) is 66.9 Å². The molecule has 0 saturated carbocycles. The number of nitrogens with one attached hydrogen (secondary N) is 4. The van der Waals surface area contributed by atoms with Gasteiger partial charge in [-0.1, -0.05) is 30.3 Å². The van der Waals surface area contributed by atoms with Gasteiger partial charge in [-0.25, -0.2) is 24.0 Å². The second kappa shape index (κ2) is 23.4. The standard InChI is InChI=1S/C40H51N6O15P/c1-27(43-36(50)59-38(2,3)4)33(47)58-40(44-37(51)60-39(5,6)7,34(48)55-25-24-41-35(49)56-26-28-12-9-8-10-13-28)22-11-23-42-45-62(54)61-32-20-18-31(19-21-32)57-30-16-14-29(15-17-30)46(52)53/h8-10,12-21,27,42H,11,22-26H2,1-7H3,(H,41,49)(H,43,50)(H,44,51)/t27-,40-/m0/s1. The molecular formula is C40H51N6O15P. The highest BCUT2D eigenvalue weighted by Gasteiger charge is 2.47. The zero-order chi connectivity index (χ0) is 45.9. The number of hydrogen-bond donors (Lipinski definition) is 4. The van der Waals surface area contributed by atoms with Crippen molar-refractivity contribution in [3.8, 4) is 17.2 Å². The lowest BCUT2D eigenvalue weighted by atomic mass is 10.1. The summed E-state index contributed by atoms with van der Waals surface area (Å²) in [7, 11) is -2.69. The Bertz CT molecular complexity index is 2010. The van der Waals surface area contributed by atoms with Crippen LogP contribution >= 0.6 is 8.17 Å². The lowest BCUT2D eigenvalue weighted by molar-refractivity contribution is -0.384. The number of non-ortho nitro benzene ring substituents is 1. The fourth-order valence-corrected chi connectivity index (χ4v) is 5.33. The van der Waals surface area contributed by atoms with Crippen LogP contribution in [0.2, 0.25) is 0 Å². The largest absolute Gasteiger partial charge is 0.574 e. The minimum Gasteiger partial charge on any atom is -0.574 e. The number of carbonyl (C=O) groups excluding carboxylic acids is 5. The minimum atomic E-state index is -2.69. The maximum absolute atomic E-state index is 13.9. The molecule has 0 saturated heterocycles. The highest BCUT2D eigenvalue weighted by atomic mass is 31.1. The summed E-state index contributed by atoms with van der Waals surface area (Å²) >= 11 is 0. The van der Waals surface area contributed by atoms with Crippen LogP contribution in [-0.4, -0.2) is 77.8 Å². The summed E-state index contributed by atoms with van der Waals surface area (Å²) in [5.74, 6) is -1.57. The van der Waals surface area contributed by atoms with Crippen LogP contribution in [0.4, 0.5) is 20.1 Å². The molecule has 21 nitrogen and oxygen atoms in total. The van der Waals surface area contributed by atoms with Gasteiger partial charge >= 0.3 is 38.4 Å². The number of carbonyl (C=O) groups is 5. The van der Waals surface area contributed by atoms with Crippen molar-refractivity contribution in [1.29, 1.82) is 0 Å². The molecule has 0 radical (unpaired) electrons. The first-order chi connectivity index (χ1) is 29.1. The van der Waals surface area contributed by atoms with E-state index in [1.165, 1.54) is 55.5 Å². The van der Waals surface area contributed by atoms with Crippen molar-refractivity contribution in [2.45, 2.75) is 90.9 Å². The monoisotopic (exact) mass is 886 g/mol. The Kier molecular flexibility index (Phi) is 18.8. The number of nitro groups is 1. The second-order valence-corrected chi connectivity index (χ2v) is 16.0. The van der Waals surface area contributed by atoms with Crippen molar-refractivity contribution in [3.05, 3.63) is 94.5 Å². The first kappa shape index (κ1) is 49.8. The van der Waals surface area contributed by atoms with Gasteiger partial charge < -0.3 is 43.9 Å². The summed E-state index contributed by atoms with van der Waals surface area (Å²) in [4.78, 5) is 91.9. The summed E-state index contributed by atoms with van der Waals surface area (Å²) in [5.41, 5.74) is -1.35. The number of alkyl carbamates (subject to hydrolysis) is 3. The number of rotatable bonds is 20. The summed E-state index contributed by atoms with van der Waals surface area (Å²) in [5, 5.41) is 17.9. The Labute approximate surface area is 358 Å². The van der Waals surface area contributed by atoms with E-state index in [2.05, 4.69) is 26.2 Å². The van der Waals surface area contributed by atoms with E-state index in [9.17, 15) is 39.0 Å². The summed E-state index contributed by atoms with van der Waals surface area (Å²) in [6.07, 6.45) is -3.51. The SMILES string of the molecule is C[C@H](NC(=O)OC(C)(C)C)C(=O)O[C@](CCCN/N=[P+](\[O-])Oc1ccc(Oc2ccc([N+](=O)[O-])cc2)cc1)(NC(=O)OC(C)(C)C)C(=O)OCCNC(=O)OCc1ccccc1. The molecule has 3 amide bonds. The predicted octanol–water partition coefficient (Wildman–Crippen LogP) is 6.05. The molecule has 3 aromatic rings. The van der Waals surface area contributed by atoms with Crippen LogP contribution in [0.15, 0.2) is 83.7 Å².